The summed E-state index contributed by atoms with van der Waals surface area (Å²) in [5, 5.41) is 8.34. The molecule has 3 heterocycles. The lowest BCUT2D eigenvalue weighted by Crippen LogP contribution is -2.04. The highest BCUT2D eigenvalue weighted by Crippen LogP contribution is 2.23. The maximum Gasteiger partial charge on any atom is 0.221 e. The van der Waals surface area contributed by atoms with E-state index in [4.69, 9.17) is 10.5 Å². The molecule has 29 heavy (non-hydrogen) atoms. The molecule has 0 saturated carbocycles. The number of hydrogen-bond acceptors (Lipinski definition) is 7. The Morgan fingerprint density at radius 1 is 0.966 bits per heavy atom. The molecule has 1 aromatic carbocycles. The number of aromatic nitrogens is 6. The normalized spacial score (nSPS) is 11.0. The van der Waals surface area contributed by atoms with Crippen molar-refractivity contribution in [1.29, 1.82) is 0 Å². The average molecular weight is 391 g/mol. The minimum Gasteiger partial charge on any atom is -0.378 e. The summed E-state index contributed by atoms with van der Waals surface area (Å²) in [5.41, 5.74) is 9.94. The average Bonchev–Trinajstić information content (AvgIpc) is 3.17. The molecule has 0 fully saturated rings. The number of anilines is 1. The van der Waals surface area contributed by atoms with Gasteiger partial charge in [-0.1, -0.05) is 11.3 Å². The van der Waals surface area contributed by atoms with E-state index in [2.05, 4.69) is 25.3 Å². The Balaban J connectivity index is 1.59. The van der Waals surface area contributed by atoms with E-state index < -0.39 is 0 Å². The number of pyridine rings is 1. The molecular weight excluding hydrogens is 373 g/mol. The fourth-order valence-corrected chi connectivity index (χ4v) is 2.87. The molecule has 0 amide bonds. The van der Waals surface area contributed by atoms with Crippen LogP contribution in [0, 0.1) is 5.82 Å². The number of hydrogen-bond donors (Lipinski definition) is 1. The molecular formula is C20H18FN7O. The van der Waals surface area contributed by atoms with E-state index >= 15 is 0 Å². The number of halogens is 1. The van der Waals surface area contributed by atoms with Gasteiger partial charge in [-0.05, 0) is 42.5 Å². The Morgan fingerprint density at radius 3 is 2.52 bits per heavy atom. The number of rotatable bonds is 6. The Kier molecular flexibility index (Phi) is 5.21. The van der Waals surface area contributed by atoms with Crippen LogP contribution in [0.3, 0.4) is 0 Å². The van der Waals surface area contributed by atoms with Gasteiger partial charge < -0.3 is 10.5 Å². The van der Waals surface area contributed by atoms with E-state index in [-0.39, 0.29) is 11.8 Å². The standard InChI is InChI=1S/C20H18FN7O/c1-29-12-16-4-2-3-15(23-16)10-28-11-19(26-27-28)18-9-17(24-20(22)25-18)13-5-7-14(21)8-6-13/h2-9,11H,10,12H2,1H3,(H2,22,24,25). The van der Waals surface area contributed by atoms with Gasteiger partial charge in [0.15, 0.2) is 0 Å². The first-order valence-electron chi connectivity index (χ1n) is 8.85. The van der Waals surface area contributed by atoms with Crippen molar-refractivity contribution in [3.05, 3.63) is 71.9 Å². The topological polar surface area (TPSA) is 105 Å². The molecule has 8 nitrogen and oxygen atoms in total. The van der Waals surface area contributed by atoms with E-state index in [1.807, 2.05) is 18.2 Å². The van der Waals surface area contributed by atoms with Crippen LogP contribution in [0.5, 0.6) is 0 Å². The van der Waals surface area contributed by atoms with Crippen LogP contribution in [-0.4, -0.2) is 37.1 Å². The first-order chi connectivity index (χ1) is 14.1. The lowest BCUT2D eigenvalue weighted by atomic mass is 10.1. The number of ether oxygens (including phenoxy) is 1. The molecule has 9 heteroatoms. The van der Waals surface area contributed by atoms with Crippen LogP contribution < -0.4 is 5.73 Å². The second kappa shape index (κ2) is 8.11. The minimum atomic E-state index is -0.317. The molecule has 4 rings (SSSR count). The van der Waals surface area contributed by atoms with Gasteiger partial charge in [-0.15, -0.1) is 5.10 Å². The van der Waals surface area contributed by atoms with Crippen LogP contribution in [0.4, 0.5) is 10.3 Å². The predicted molar refractivity (Wildman–Crippen MR) is 105 cm³/mol. The van der Waals surface area contributed by atoms with E-state index in [1.165, 1.54) is 12.1 Å². The fraction of sp³-hybridized carbons (Fsp3) is 0.150. The molecule has 0 unspecified atom stereocenters. The van der Waals surface area contributed by atoms with Gasteiger partial charge in [0.1, 0.15) is 11.5 Å². The van der Waals surface area contributed by atoms with Crippen LogP contribution in [-0.2, 0) is 17.9 Å². The van der Waals surface area contributed by atoms with Gasteiger partial charge in [-0.25, -0.2) is 19.0 Å². The van der Waals surface area contributed by atoms with Crippen LogP contribution in [0.1, 0.15) is 11.4 Å². The van der Waals surface area contributed by atoms with E-state index in [0.29, 0.717) is 30.2 Å². The molecule has 0 aliphatic heterocycles. The fourth-order valence-electron chi connectivity index (χ4n) is 2.87. The van der Waals surface area contributed by atoms with Crippen LogP contribution in [0.25, 0.3) is 22.6 Å². The summed E-state index contributed by atoms with van der Waals surface area (Å²) in [6, 6.07) is 13.5. The van der Waals surface area contributed by atoms with Gasteiger partial charge >= 0.3 is 0 Å². The van der Waals surface area contributed by atoms with Crippen molar-refractivity contribution in [3.8, 4) is 22.6 Å². The Morgan fingerprint density at radius 2 is 1.72 bits per heavy atom. The summed E-state index contributed by atoms with van der Waals surface area (Å²) in [4.78, 5) is 13.0. The van der Waals surface area contributed by atoms with Crippen molar-refractivity contribution in [2.45, 2.75) is 13.2 Å². The maximum atomic E-state index is 13.2. The molecule has 2 N–H and O–H groups in total. The third-order valence-electron chi connectivity index (χ3n) is 4.17. The van der Waals surface area contributed by atoms with Gasteiger partial charge in [-0.2, -0.15) is 0 Å². The van der Waals surface area contributed by atoms with Crippen molar-refractivity contribution < 1.29 is 9.13 Å². The molecule has 146 valence electrons. The quantitative estimate of drug-likeness (QED) is 0.539. The zero-order valence-electron chi connectivity index (χ0n) is 15.7. The summed E-state index contributed by atoms with van der Waals surface area (Å²) < 4.78 is 20.0. The van der Waals surface area contributed by atoms with E-state index in [0.717, 1.165) is 17.0 Å². The molecule has 0 bridgehead atoms. The first-order valence-corrected chi connectivity index (χ1v) is 8.85. The molecule has 4 aromatic rings. The van der Waals surface area contributed by atoms with E-state index in [1.54, 1.807) is 36.2 Å². The van der Waals surface area contributed by atoms with Gasteiger partial charge in [0.05, 0.1) is 42.1 Å². The summed E-state index contributed by atoms with van der Waals surface area (Å²) in [5.74, 6) is -0.215. The van der Waals surface area contributed by atoms with Gasteiger partial charge in [0, 0.05) is 12.7 Å². The SMILES string of the molecule is COCc1cccc(Cn2cc(-c3cc(-c4ccc(F)cc4)nc(N)n3)nn2)n1. The number of nitrogens with zero attached hydrogens (tertiary/aromatic N) is 6. The third kappa shape index (κ3) is 4.41. The number of methoxy groups -OCH3 is 1. The number of nitrogens with two attached hydrogens (primary N) is 1. The van der Waals surface area contributed by atoms with Crippen LogP contribution >= 0.6 is 0 Å². The summed E-state index contributed by atoms with van der Waals surface area (Å²) in [6.45, 7) is 0.902. The van der Waals surface area contributed by atoms with Crippen molar-refractivity contribution in [1.82, 2.24) is 29.9 Å². The van der Waals surface area contributed by atoms with E-state index in [9.17, 15) is 4.39 Å². The first kappa shape index (κ1) is 18.6. The zero-order chi connectivity index (χ0) is 20.2. The molecule has 0 aliphatic carbocycles. The summed E-state index contributed by atoms with van der Waals surface area (Å²) in [7, 11) is 1.63. The van der Waals surface area contributed by atoms with Gasteiger partial charge in [0.2, 0.25) is 5.95 Å². The van der Waals surface area contributed by atoms with Crippen molar-refractivity contribution in [2.24, 2.45) is 0 Å². The number of nitrogen functional groups attached to an aromatic ring is 1. The van der Waals surface area contributed by atoms with Crippen molar-refractivity contribution in [2.75, 3.05) is 12.8 Å². The van der Waals surface area contributed by atoms with Gasteiger partial charge in [0.25, 0.3) is 0 Å². The minimum absolute atomic E-state index is 0.102. The Hall–Kier alpha value is -3.72. The molecule has 0 atom stereocenters. The molecule has 0 radical (unpaired) electrons. The highest BCUT2D eigenvalue weighted by atomic mass is 19.1. The number of benzene rings is 1. The summed E-state index contributed by atoms with van der Waals surface area (Å²) >= 11 is 0. The second-order valence-corrected chi connectivity index (χ2v) is 6.36. The Bertz CT molecular complexity index is 1130. The van der Waals surface area contributed by atoms with Crippen molar-refractivity contribution >= 4 is 5.95 Å². The molecule has 0 spiro atoms. The smallest absolute Gasteiger partial charge is 0.221 e. The maximum absolute atomic E-state index is 13.2. The lowest BCUT2D eigenvalue weighted by Gasteiger charge is -2.05. The highest BCUT2D eigenvalue weighted by molar-refractivity contribution is 5.66. The second-order valence-electron chi connectivity index (χ2n) is 6.36. The molecule has 0 aliphatic rings. The third-order valence-corrected chi connectivity index (χ3v) is 4.17. The monoisotopic (exact) mass is 391 g/mol. The predicted octanol–water partition coefficient (Wildman–Crippen LogP) is 2.71. The van der Waals surface area contributed by atoms with Crippen molar-refractivity contribution in [3.63, 3.8) is 0 Å². The highest BCUT2D eigenvalue weighted by Gasteiger charge is 2.11. The molecule has 3 aromatic heterocycles. The largest absolute Gasteiger partial charge is 0.378 e. The van der Waals surface area contributed by atoms with Crippen LogP contribution in [0.15, 0.2) is 54.7 Å². The van der Waals surface area contributed by atoms with Gasteiger partial charge in [-0.3, -0.25) is 4.98 Å². The summed E-state index contributed by atoms with van der Waals surface area (Å²) in [6.07, 6.45) is 1.76. The zero-order valence-corrected chi connectivity index (χ0v) is 15.7. The lowest BCUT2D eigenvalue weighted by molar-refractivity contribution is 0.181. The Labute approximate surface area is 166 Å². The van der Waals surface area contributed by atoms with Crippen LogP contribution in [0.2, 0.25) is 0 Å². The molecule has 0 saturated heterocycles.